The maximum Gasteiger partial charge on any atom is 0.0736 e. The number of aromatic nitrogens is 1. The normalized spacial score (nSPS) is 20.8. The van der Waals surface area contributed by atoms with Crippen LogP contribution in [0.4, 0.5) is 11.4 Å². The third-order valence-electron chi connectivity index (χ3n) is 3.73. The van der Waals surface area contributed by atoms with E-state index in [4.69, 9.17) is 5.73 Å². The number of hydrogen-bond donors (Lipinski definition) is 2. The van der Waals surface area contributed by atoms with Gasteiger partial charge in [0.15, 0.2) is 0 Å². The first-order chi connectivity index (χ1) is 8.77. The van der Waals surface area contributed by atoms with Crippen molar-refractivity contribution in [2.24, 2.45) is 0 Å². The van der Waals surface area contributed by atoms with E-state index in [2.05, 4.69) is 22.1 Å². The fourth-order valence-electron chi connectivity index (χ4n) is 2.56. The number of piperidine rings is 1. The van der Waals surface area contributed by atoms with Gasteiger partial charge in [-0.15, -0.1) is 0 Å². The van der Waals surface area contributed by atoms with Gasteiger partial charge in [0.05, 0.1) is 17.6 Å². The molecule has 1 fully saturated rings. The fraction of sp³-hybridized carbons (Fsp3) is 0.643. The Morgan fingerprint density at radius 3 is 3.17 bits per heavy atom. The van der Waals surface area contributed by atoms with Gasteiger partial charge < -0.3 is 16.0 Å². The highest BCUT2D eigenvalue weighted by molar-refractivity contribution is 5.64. The van der Waals surface area contributed by atoms with Gasteiger partial charge in [-0.25, -0.2) is 0 Å². The topological polar surface area (TPSA) is 54.2 Å². The van der Waals surface area contributed by atoms with Gasteiger partial charge in [-0.05, 0) is 38.8 Å². The average molecular weight is 248 g/mol. The molecule has 0 saturated carbocycles. The Bertz CT molecular complexity index is 367. The minimum atomic E-state index is 0.726. The molecular weight excluding hydrogens is 224 g/mol. The molecule has 3 N–H and O–H groups in total. The van der Waals surface area contributed by atoms with Crippen LogP contribution in [-0.4, -0.2) is 35.6 Å². The Kier molecular flexibility index (Phi) is 4.81. The lowest BCUT2D eigenvalue weighted by Gasteiger charge is -2.33. The molecule has 0 spiro atoms. The van der Waals surface area contributed by atoms with E-state index >= 15 is 0 Å². The second-order valence-corrected chi connectivity index (χ2v) is 5.12. The molecule has 0 aromatic carbocycles. The summed E-state index contributed by atoms with van der Waals surface area (Å²) in [7, 11) is 0. The molecule has 18 heavy (non-hydrogen) atoms. The molecule has 1 aliphatic rings. The highest BCUT2D eigenvalue weighted by Gasteiger charge is 2.16. The van der Waals surface area contributed by atoms with E-state index in [1.54, 1.807) is 12.4 Å². The highest BCUT2D eigenvalue weighted by Crippen LogP contribution is 2.17. The number of hydrogen-bond acceptors (Lipinski definition) is 4. The minimum Gasteiger partial charge on any atom is -0.396 e. The summed E-state index contributed by atoms with van der Waals surface area (Å²) >= 11 is 0. The Hall–Kier alpha value is -1.29. The summed E-state index contributed by atoms with van der Waals surface area (Å²) in [5.74, 6) is 0. The maximum atomic E-state index is 5.83. The quantitative estimate of drug-likeness (QED) is 0.785. The number of pyridine rings is 1. The predicted octanol–water partition coefficient (Wildman–Crippen LogP) is 2.34. The summed E-state index contributed by atoms with van der Waals surface area (Å²) in [6, 6.07) is 2.68. The number of rotatable bonds is 5. The monoisotopic (exact) mass is 248 g/mol. The van der Waals surface area contributed by atoms with Gasteiger partial charge in [-0.2, -0.15) is 0 Å². The molecule has 4 nitrogen and oxygen atoms in total. The van der Waals surface area contributed by atoms with E-state index in [1.165, 1.54) is 32.4 Å². The molecule has 2 heterocycles. The molecule has 0 aliphatic carbocycles. The summed E-state index contributed by atoms with van der Waals surface area (Å²) in [6.45, 7) is 5.75. The molecule has 4 heteroatoms. The molecule has 0 radical (unpaired) electrons. The van der Waals surface area contributed by atoms with Crippen LogP contribution in [0.25, 0.3) is 0 Å². The summed E-state index contributed by atoms with van der Waals surface area (Å²) in [5.41, 5.74) is 7.55. The summed E-state index contributed by atoms with van der Waals surface area (Å²) < 4.78 is 0. The van der Waals surface area contributed by atoms with Crippen molar-refractivity contribution in [1.29, 1.82) is 0 Å². The van der Waals surface area contributed by atoms with Crippen molar-refractivity contribution in [3.8, 4) is 0 Å². The first-order valence-corrected chi connectivity index (χ1v) is 6.95. The van der Waals surface area contributed by atoms with Crippen LogP contribution in [0.15, 0.2) is 18.5 Å². The summed E-state index contributed by atoms with van der Waals surface area (Å²) in [6.07, 6.45) is 8.72. The molecule has 1 aromatic heterocycles. The molecule has 0 bridgehead atoms. The van der Waals surface area contributed by atoms with Gasteiger partial charge in [0.25, 0.3) is 0 Å². The first-order valence-electron chi connectivity index (χ1n) is 6.95. The molecular formula is C14H24N4. The molecule has 1 saturated heterocycles. The summed E-state index contributed by atoms with van der Waals surface area (Å²) in [5, 5.41) is 3.38. The zero-order valence-corrected chi connectivity index (χ0v) is 11.2. The van der Waals surface area contributed by atoms with Crippen molar-refractivity contribution in [3.63, 3.8) is 0 Å². The lowest BCUT2D eigenvalue weighted by molar-refractivity contribution is 0.160. The fourth-order valence-corrected chi connectivity index (χ4v) is 2.56. The zero-order valence-electron chi connectivity index (χ0n) is 11.2. The second kappa shape index (κ2) is 6.59. The van der Waals surface area contributed by atoms with Gasteiger partial charge in [0.1, 0.15) is 0 Å². The standard InChI is InChI=1S/C14H24N4/c1-12-5-2-3-9-18(12)10-4-7-17-14-6-8-16-11-13(14)15/h6,8,11-12H,2-5,7,9-10,15H2,1H3,(H,16,17). The highest BCUT2D eigenvalue weighted by atomic mass is 15.2. The van der Waals surface area contributed by atoms with E-state index in [0.717, 1.165) is 30.4 Å². The molecule has 1 aliphatic heterocycles. The molecule has 1 atom stereocenters. The lowest BCUT2D eigenvalue weighted by atomic mass is 10.0. The van der Waals surface area contributed by atoms with Gasteiger partial charge in [0, 0.05) is 25.3 Å². The SMILES string of the molecule is CC1CCCCN1CCCNc1ccncc1N. The summed E-state index contributed by atoms with van der Waals surface area (Å²) in [4.78, 5) is 6.58. The molecule has 100 valence electrons. The molecule has 1 aromatic rings. The van der Waals surface area contributed by atoms with Gasteiger partial charge in [0.2, 0.25) is 0 Å². The van der Waals surface area contributed by atoms with Gasteiger partial charge in [-0.1, -0.05) is 6.42 Å². The average Bonchev–Trinajstić information content (AvgIpc) is 2.38. The van der Waals surface area contributed by atoms with Crippen LogP contribution in [0.5, 0.6) is 0 Å². The van der Waals surface area contributed by atoms with Crippen molar-refractivity contribution in [2.75, 3.05) is 30.7 Å². The number of nitrogens with one attached hydrogen (secondary N) is 1. The Labute approximate surface area is 110 Å². The van der Waals surface area contributed by atoms with E-state index in [1.807, 2.05) is 6.07 Å². The van der Waals surface area contributed by atoms with Crippen LogP contribution in [0.1, 0.15) is 32.6 Å². The van der Waals surface area contributed by atoms with E-state index in [-0.39, 0.29) is 0 Å². The van der Waals surface area contributed by atoms with E-state index in [0.29, 0.717) is 0 Å². The smallest absolute Gasteiger partial charge is 0.0736 e. The maximum absolute atomic E-state index is 5.83. The van der Waals surface area contributed by atoms with Crippen molar-refractivity contribution in [3.05, 3.63) is 18.5 Å². The number of anilines is 2. The van der Waals surface area contributed by atoms with Gasteiger partial charge in [-0.3, -0.25) is 4.98 Å². The van der Waals surface area contributed by atoms with Crippen LogP contribution in [0.2, 0.25) is 0 Å². The Morgan fingerprint density at radius 1 is 1.50 bits per heavy atom. The van der Waals surface area contributed by atoms with E-state index < -0.39 is 0 Å². The predicted molar refractivity (Wildman–Crippen MR) is 76.6 cm³/mol. The third-order valence-corrected chi connectivity index (χ3v) is 3.73. The van der Waals surface area contributed by atoms with Crippen molar-refractivity contribution in [1.82, 2.24) is 9.88 Å². The van der Waals surface area contributed by atoms with Crippen molar-refractivity contribution in [2.45, 2.75) is 38.6 Å². The second-order valence-electron chi connectivity index (χ2n) is 5.12. The third kappa shape index (κ3) is 3.60. The molecule has 1 unspecified atom stereocenters. The van der Waals surface area contributed by atoms with Crippen LogP contribution in [-0.2, 0) is 0 Å². The van der Waals surface area contributed by atoms with E-state index in [9.17, 15) is 0 Å². The Balaban J connectivity index is 1.68. The number of nitrogens with two attached hydrogens (primary N) is 1. The van der Waals surface area contributed by atoms with Crippen LogP contribution < -0.4 is 11.1 Å². The molecule has 2 rings (SSSR count). The Morgan fingerprint density at radius 2 is 2.39 bits per heavy atom. The molecule has 0 amide bonds. The van der Waals surface area contributed by atoms with Crippen LogP contribution in [0, 0.1) is 0 Å². The van der Waals surface area contributed by atoms with Crippen molar-refractivity contribution < 1.29 is 0 Å². The first kappa shape index (κ1) is 13.1. The largest absolute Gasteiger partial charge is 0.396 e. The number of likely N-dealkylation sites (tertiary alicyclic amines) is 1. The minimum absolute atomic E-state index is 0.726. The number of nitrogen functional groups attached to an aromatic ring is 1. The zero-order chi connectivity index (χ0) is 12.8. The van der Waals surface area contributed by atoms with Crippen LogP contribution in [0.3, 0.4) is 0 Å². The number of nitrogens with zero attached hydrogens (tertiary/aromatic N) is 2. The van der Waals surface area contributed by atoms with Gasteiger partial charge >= 0.3 is 0 Å². The van der Waals surface area contributed by atoms with Crippen molar-refractivity contribution >= 4 is 11.4 Å². The van der Waals surface area contributed by atoms with Crippen LogP contribution >= 0.6 is 0 Å². The lowest BCUT2D eigenvalue weighted by Crippen LogP contribution is -2.38.